The van der Waals surface area contributed by atoms with Crippen LogP contribution in [0.1, 0.15) is 59.5 Å². The molecule has 1 aliphatic carbocycles. The van der Waals surface area contributed by atoms with Gasteiger partial charge in [0.05, 0.1) is 23.3 Å². The number of nitrogens with one attached hydrogen (secondary N) is 2. The molecule has 242 valence electrons. The fourth-order valence-electron chi connectivity index (χ4n) is 5.31. The summed E-state index contributed by atoms with van der Waals surface area (Å²) >= 11 is 0.853. The maximum Gasteiger partial charge on any atom is 0.573 e. The molecule has 1 atom stereocenters. The minimum Gasteiger partial charge on any atom is -0.479 e. The third-order valence-electron chi connectivity index (χ3n) is 7.64. The van der Waals surface area contributed by atoms with E-state index in [0.717, 1.165) is 24.2 Å². The van der Waals surface area contributed by atoms with Crippen molar-refractivity contribution in [3.63, 3.8) is 0 Å². The fraction of sp³-hybridized carbons (Fsp3) is 0.312. The monoisotopic (exact) mass is 656 g/mol. The van der Waals surface area contributed by atoms with Gasteiger partial charge >= 0.3 is 18.4 Å². The van der Waals surface area contributed by atoms with E-state index in [4.69, 9.17) is 5.11 Å². The molecule has 3 amide bonds. The number of rotatable bonds is 10. The highest BCUT2D eigenvalue weighted by Gasteiger charge is 2.32. The lowest BCUT2D eigenvalue weighted by Gasteiger charge is -2.25. The van der Waals surface area contributed by atoms with Gasteiger partial charge in [0, 0.05) is 11.3 Å². The topological polar surface area (TPSA) is 141 Å². The van der Waals surface area contributed by atoms with Crippen LogP contribution < -0.4 is 20.3 Å². The van der Waals surface area contributed by atoms with Gasteiger partial charge in [0.2, 0.25) is 0 Å². The van der Waals surface area contributed by atoms with Gasteiger partial charge in [0.25, 0.3) is 5.91 Å². The molecule has 0 spiro atoms. The maximum atomic E-state index is 13.7. The number of carboxylic acids is 1. The summed E-state index contributed by atoms with van der Waals surface area (Å²) in [4.78, 5) is 42.7. The Balaban J connectivity index is 1.37. The van der Waals surface area contributed by atoms with E-state index in [1.54, 1.807) is 12.1 Å². The molecule has 1 heterocycles. The van der Waals surface area contributed by atoms with Gasteiger partial charge < -0.3 is 20.3 Å². The standard InChI is InChI=1S/C32H31F3N4O6S/c33-32(34,35)45-26-8-4-7-24-27(26)46-30(37-24)38-31(44)39(23-15-13-21(14-16-23)20-5-2-1-3-6-20)18-19-9-11-22(12-10-19)28(41)36-17-25(40)29(42)43/h4,7-16,20,25,40H,1-3,5-6,17-18H2,(H,36,41)(H,42,43)(H,37,38,44)/t25-/m1/s1. The van der Waals surface area contributed by atoms with E-state index in [2.05, 4.69) is 20.4 Å². The molecule has 1 aromatic heterocycles. The molecule has 4 N–H and O–H groups in total. The number of aliphatic hydroxyl groups excluding tert-OH is 1. The van der Waals surface area contributed by atoms with Crippen molar-refractivity contribution in [2.24, 2.45) is 0 Å². The SMILES string of the molecule is O=C(NC[C@@H](O)C(=O)O)c1ccc(CN(C(=O)Nc2nc3cccc(OC(F)(F)F)c3s2)c2ccc(C3CCCCC3)cc2)cc1. The number of alkyl halides is 3. The normalized spacial score (nSPS) is 14.4. The first-order valence-corrected chi connectivity index (χ1v) is 15.4. The first kappa shape index (κ1) is 32.7. The highest BCUT2D eigenvalue weighted by atomic mass is 32.1. The van der Waals surface area contributed by atoms with Crippen molar-refractivity contribution in [1.29, 1.82) is 0 Å². The third-order valence-corrected chi connectivity index (χ3v) is 8.64. The van der Waals surface area contributed by atoms with Gasteiger partial charge in [-0.1, -0.05) is 60.9 Å². The third kappa shape index (κ3) is 8.31. The van der Waals surface area contributed by atoms with Crippen molar-refractivity contribution < 1.29 is 42.5 Å². The number of aliphatic carboxylic acids is 1. The average molecular weight is 657 g/mol. The zero-order valence-electron chi connectivity index (χ0n) is 24.4. The minimum absolute atomic E-state index is 0.0710. The van der Waals surface area contributed by atoms with E-state index in [1.165, 1.54) is 60.1 Å². The molecule has 46 heavy (non-hydrogen) atoms. The van der Waals surface area contributed by atoms with Gasteiger partial charge in [-0.25, -0.2) is 14.6 Å². The van der Waals surface area contributed by atoms with Gasteiger partial charge in [-0.2, -0.15) is 0 Å². The number of carboxylic acid groups (broad SMARTS) is 1. The van der Waals surface area contributed by atoms with Crippen LogP contribution in [0.5, 0.6) is 5.75 Å². The first-order chi connectivity index (χ1) is 22.0. The Morgan fingerprint density at radius 1 is 1.00 bits per heavy atom. The number of aromatic nitrogens is 1. The van der Waals surface area contributed by atoms with Gasteiger partial charge in [0.1, 0.15) is 5.75 Å². The van der Waals surface area contributed by atoms with Crippen molar-refractivity contribution >= 4 is 50.3 Å². The largest absolute Gasteiger partial charge is 0.573 e. The van der Waals surface area contributed by atoms with Gasteiger partial charge in [-0.15, -0.1) is 13.2 Å². The summed E-state index contributed by atoms with van der Waals surface area (Å²) < 4.78 is 43.1. The maximum absolute atomic E-state index is 13.7. The number of amides is 3. The Labute approximate surface area is 265 Å². The molecule has 0 aliphatic heterocycles. The van der Waals surface area contributed by atoms with Crippen LogP contribution in [-0.4, -0.2) is 52.1 Å². The van der Waals surface area contributed by atoms with Crippen molar-refractivity contribution in [2.75, 3.05) is 16.8 Å². The highest BCUT2D eigenvalue weighted by molar-refractivity contribution is 7.22. The smallest absolute Gasteiger partial charge is 0.479 e. The quantitative estimate of drug-likeness (QED) is 0.150. The molecule has 14 heteroatoms. The summed E-state index contributed by atoms with van der Waals surface area (Å²) in [5.74, 6) is -2.00. The summed E-state index contributed by atoms with van der Waals surface area (Å²) in [7, 11) is 0. The molecule has 0 saturated heterocycles. The van der Waals surface area contributed by atoms with Crippen LogP contribution in [0, 0.1) is 0 Å². The van der Waals surface area contributed by atoms with Crippen molar-refractivity contribution in [1.82, 2.24) is 10.3 Å². The second kappa shape index (κ2) is 14.2. The number of carbonyl (C=O) groups excluding carboxylic acids is 2. The summed E-state index contributed by atoms with van der Waals surface area (Å²) in [6, 6.07) is 17.5. The van der Waals surface area contributed by atoms with E-state index in [9.17, 15) is 32.7 Å². The summed E-state index contributed by atoms with van der Waals surface area (Å²) in [6.45, 7) is -0.391. The summed E-state index contributed by atoms with van der Waals surface area (Å²) in [5.41, 5.74) is 2.87. The Kier molecular flexibility index (Phi) is 10.1. The molecule has 1 fully saturated rings. The van der Waals surface area contributed by atoms with Crippen molar-refractivity contribution in [2.45, 2.75) is 57.0 Å². The lowest BCUT2D eigenvalue weighted by Crippen LogP contribution is -2.36. The zero-order valence-corrected chi connectivity index (χ0v) is 25.2. The van der Waals surface area contributed by atoms with Crippen LogP contribution in [0.2, 0.25) is 0 Å². The number of nitrogens with zero attached hydrogens (tertiary/aromatic N) is 2. The number of urea groups is 1. The second-order valence-electron chi connectivity index (χ2n) is 10.9. The average Bonchev–Trinajstić information content (AvgIpc) is 3.46. The molecular weight excluding hydrogens is 625 g/mol. The van der Waals surface area contributed by atoms with E-state index < -0.39 is 42.7 Å². The number of halogens is 3. The minimum atomic E-state index is -4.89. The Bertz CT molecular complexity index is 1690. The number of anilines is 2. The fourth-order valence-corrected chi connectivity index (χ4v) is 6.21. The van der Waals surface area contributed by atoms with Crippen molar-refractivity contribution in [3.8, 4) is 5.75 Å². The van der Waals surface area contributed by atoms with Crippen LogP contribution >= 0.6 is 11.3 Å². The van der Waals surface area contributed by atoms with Gasteiger partial charge in [-0.3, -0.25) is 15.0 Å². The number of hydrogen-bond acceptors (Lipinski definition) is 7. The molecule has 0 unspecified atom stereocenters. The van der Waals surface area contributed by atoms with Crippen LogP contribution in [0.15, 0.2) is 66.7 Å². The van der Waals surface area contributed by atoms with Crippen LogP contribution in [0.25, 0.3) is 10.2 Å². The number of aliphatic hydroxyl groups is 1. The summed E-state index contributed by atoms with van der Waals surface area (Å²) in [6.07, 6.45) is -0.840. The Morgan fingerprint density at radius 3 is 2.35 bits per heavy atom. The molecule has 5 rings (SSSR count). The number of fused-ring (bicyclic) bond motifs is 1. The molecule has 1 saturated carbocycles. The molecule has 4 aromatic rings. The van der Waals surface area contributed by atoms with Gasteiger partial charge in [-0.05, 0) is 66.3 Å². The molecule has 1 aliphatic rings. The molecule has 0 bridgehead atoms. The molecule has 3 aromatic carbocycles. The van der Waals surface area contributed by atoms with Crippen LogP contribution in [0.4, 0.5) is 28.8 Å². The van der Waals surface area contributed by atoms with E-state index in [0.29, 0.717) is 17.2 Å². The highest BCUT2D eigenvalue weighted by Crippen LogP contribution is 2.37. The van der Waals surface area contributed by atoms with Crippen LogP contribution in [-0.2, 0) is 11.3 Å². The molecular formula is C32H31F3N4O6S. The van der Waals surface area contributed by atoms with E-state index >= 15 is 0 Å². The van der Waals surface area contributed by atoms with E-state index in [-0.39, 0.29) is 27.5 Å². The predicted molar refractivity (Wildman–Crippen MR) is 166 cm³/mol. The molecule has 0 radical (unpaired) electrons. The lowest BCUT2D eigenvalue weighted by molar-refractivity contribution is -0.274. The number of carbonyl (C=O) groups is 3. The molecule has 10 nitrogen and oxygen atoms in total. The second-order valence-corrected chi connectivity index (χ2v) is 11.9. The van der Waals surface area contributed by atoms with Crippen LogP contribution in [0.3, 0.4) is 0 Å². The number of thiazole rings is 1. The number of benzene rings is 3. The number of hydrogen-bond donors (Lipinski definition) is 4. The van der Waals surface area contributed by atoms with Crippen molar-refractivity contribution in [3.05, 3.63) is 83.4 Å². The predicted octanol–water partition coefficient (Wildman–Crippen LogP) is 6.66. The lowest BCUT2D eigenvalue weighted by atomic mass is 9.84. The van der Waals surface area contributed by atoms with Gasteiger partial charge in [0.15, 0.2) is 11.2 Å². The summed E-state index contributed by atoms with van der Waals surface area (Å²) in [5, 5.41) is 23.3. The van der Waals surface area contributed by atoms with E-state index in [1.807, 2.05) is 24.3 Å². The Hall–Kier alpha value is -4.69. The Morgan fingerprint density at radius 2 is 1.70 bits per heavy atom. The first-order valence-electron chi connectivity index (χ1n) is 14.6. The number of ether oxygens (including phenoxy) is 1. The zero-order chi connectivity index (χ0) is 32.8.